The number of aryl methyl sites for hydroxylation is 2. The van der Waals surface area contributed by atoms with Gasteiger partial charge in [0.15, 0.2) is 0 Å². The van der Waals surface area contributed by atoms with Gasteiger partial charge >= 0.3 is 0 Å². The average molecular weight is 315 g/mol. The number of β-amino-alcohol motifs (C(OH)–C–C–N with tert-alkyl or cyclic N) is 1. The van der Waals surface area contributed by atoms with Gasteiger partial charge in [-0.15, -0.1) is 0 Å². The van der Waals surface area contributed by atoms with E-state index in [4.69, 9.17) is 4.74 Å². The fourth-order valence-corrected chi connectivity index (χ4v) is 2.96. The molecular formula is C18H25N3O2. The predicted molar refractivity (Wildman–Crippen MR) is 89.4 cm³/mol. The van der Waals surface area contributed by atoms with Crippen LogP contribution in [0.2, 0.25) is 0 Å². The highest BCUT2D eigenvalue weighted by molar-refractivity contribution is 5.26. The molecule has 23 heavy (non-hydrogen) atoms. The third-order valence-electron chi connectivity index (χ3n) is 4.36. The molecule has 2 aromatic rings. The van der Waals surface area contributed by atoms with Crippen LogP contribution in [0.15, 0.2) is 36.7 Å². The van der Waals surface area contributed by atoms with Crippen molar-refractivity contribution in [2.24, 2.45) is 0 Å². The molecule has 0 spiro atoms. The van der Waals surface area contributed by atoms with Gasteiger partial charge in [-0.05, 0) is 32.4 Å². The Kier molecular flexibility index (Phi) is 4.68. The zero-order valence-electron chi connectivity index (χ0n) is 13.9. The summed E-state index contributed by atoms with van der Waals surface area (Å²) in [7, 11) is 0. The van der Waals surface area contributed by atoms with Crippen molar-refractivity contribution in [1.82, 2.24) is 14.7 Å². The number of aliphatic hydroxyl groups is 1. The molecule has 0 radical (unpaired) electrons. The summed E-state index contributed by atoms with van der Waals surface area (Å²) in [4.78, 5) is 2.26. The molecule has 5 nitrogen and oxygen atoms in total. The number of rotatable bonds is 6. The van der Waals surface area contributed by atoms with Crippen molar-refractivity contribution in [2.75, 3.05) is 19.7 Å². The van der Waals surface area contributed by atoms with Crippen molar-refractivity contribution in [3.05, 3.63) is 47.8 Å². The van der Waals surface area contributed by atoms with Crippen molar-refractivity contribution in [3.63, 3.8) is 0 Å². The first-order valence-electron chi connectivity index (χ1n) is 8.22. The standard InChI is InChI=1S/C18H25N3O2/c1-3-21-12-16(10-19-21)11-20-9-8-18(22,13-20)14-23-17-6-4-15(2)5-7-17/h4-7,10,12,22H,3,8-9,11,13-14H2,1-2H3/t18-/m0/s1. The minimum absolute atomic E-state index is 0.334. The number of benzene rings is 1. The molecule has 1 saturated heterocycles. The Bertz CT molecular complexity index is 638. The minimum atomic E-state index is -0.772. The van der Waals surface area contributed by atoms with Crippen LogP contribution in [-0.4, -0.2) is 45.1 Å². The molecule has 0 unspecified atom stereocenters. The number of ether oxygens (including phenoxy) is 1. The van der Waals surface area contributed by atoms with Crippen LogP contribution in [-0.2, 0) is 13.1 Å². The van der Waals surface area contributed by atoms with E-state index in [-0.39, 0.29) is 0 Å². The van der Waals surface area contributed by atoms with Crippen LogP contribution < -0.4 is 4.74 Å². The van der Waals surface area contributed by atoms with E-state index in [0.29, 0.717) is 13.2 Å². The van der Waals surface area contributed by atoms with Gasteiger partial charge in [-0.2, -0.15) is 5.10 Å². The Morgan fingerprint density at radius 2 is 2.09 bits per heavy atom. The number of aromatic nitrogens is 2. The van der Waals surface area contributed by atoms with E-state index in [2.05, 4.69) is 23.1 Å². The maximum absolute atomic E-state index is 10.7. The molecule has 1 aromatic carbocycles. The van der Waals surface area contributed by atoms with E-state index in [1.165, 1.54) is 11.1 Å². The number of nitrogens with zero attached hydrogens (tertiary/aromatic N) is 3. The number of hydrogen-bond donors (Lipinski definition) is 1. The Hall–Kier alpha value is -1.85. The Labute approximate surface area is 137 Å². The monoisotopic (exact) mass is 315 g/mol. The van der Waals surface area contributed by atoms with Crippen LogP contribution >= 0.6 is 0 Å². The van der Waals surface area contributed by atoms with Crippen molar-refractivity contribution < 1.29 is 9.84 Å². The summed E-state index contributed by atoms with van der Waals surface area (Å²) in [6.45, 7) is 7.68. The number of hydrogen-bond acceptors (Lipinski definition) is 4. The molecule has 0 amide bonds. The average Bonchev–Trinajstić information content (AvgIpc) is 3.14. The van der Waals surface area contributed by atoms with E-state index in [1.807, 2.05) is 42.1 Å². The molecule has 1 aromatic heterocycles. The van der Waals surface area contributed by atoms with Crippen molar-refractivity contribution >= 4 is 0 Å². The van der Waals surface area contributed by atoms with Crippen LogP contribution in [0.5, 0.6) is 5.75 Å². The van der Waals surface area contributed by atoms with Crippen LogP contribution in [0.1, 0.15) is 24.5 Å². The van der Waals surface area contributed by atoms with Gasteiger partial charge in [0.25, 0.3) is 0 Å². The topological polar surface area (TPSA) is 50.5 Å². The third kappa shape index (κ3) is 4.12. The summed E-state index contributed by atoms with van der Waals surface area (Å²) >= 11 is 0. The Morgan fingerprint density at radius 3 is 2.78 bits per heavy atom. The maximum Gasteiger partial charge on any atom is 0.119 e. The van der Waals surface area contributed by atoms with Gasteiger partial charge in [0.1, 0.15) is 18.0 Å². The van der Waals surface area contributed by atoms with Crippen molar-refractivity contribution in [1.29, 1.82) is 0 Å². The third-order valence-corrected chi connectivity index (χ3v) is 4.36. The molecular weight excluding hydrogens is 290 g/mol. The van der Waals surface area contributed by atoms with Gasteiger partial charge in [-0.3, -0.25) is 9.58 Å². The van der Waals surface area contributed by atoms with Crippen molar-refractivity contribution in [3.8, 4) is 5.75 Å². The second kappa shape index (κ2) is 6.72. The van der Waals surface area contributed by atoms with Gasteiger partial charge in [0, 0.05) is 37.9 Å². The van der Waals surface area contributed by atoms with E-state index in [9.17, 15) is 5.11 Å². The largest absolute Gasteiger partial charge is 0.491 e. The molecule has 2 heterocycles. The molecule has 3 rings (SSSR count). The Balaban J connectivity index is 1.51. The molecule has 1 N–H and O–H groups in total. The first-order valence-corrected chi connectivity index (χ1v) is 8.22. The fraction of sp³-hybridized carbons (Fsp3) is 0.500. The molecule has 124 valence electrons. The molecule has 0 bridgehead atoms. The molecule has 1 atom stereocenters. The first kappa shape index (κ1) is 16.0. The summed E-state index contributed by atoms with van der Waals surface area (Å²) in [6, 6.07) is 7.94. The van der Waals surface area contributed by atoms with Crippen LogP contribution in [0.25, 0.3) is 0 Å². The lowest BCUT2D eigenvalue weighted by molar-refractivity contribution is 0.00338. The highest BCUT2D eigenvalue weighted by Gasteiger charge is 2.36. The molecule has 1 aliphatic heterocycles. The molecule has 0 saturated carbocycles. The van der Waals surface area contributed by atoms with Gasteiger partial charge in [0.05, 0.1) is 6.20 Å². The maximum atomic E-state index is 10.7. The predicted octanol–water partition coefficient (Wildman–Crippen LogP) is 2.23. The molecule has 1 fully saturated rings. The SMILES string of the molecule is CCn1cc(CN2CC[C@@](O)(COc3ccc(C)cc3)C2)cn1. The summed E-state index contributed by atoms with van der Waals surface area (Å²) in [5.41, 5.74) is 1.62. The summed E-state index contributed by atoms with van der Waals surface area (Å²) in [5.74, 6) is 0.812. The second-order valence-electron chi connectivity index (χ2n) is 6.49. The minimum Gasteiger partial charge on any atom is -0.491 e. The highest BCUT2D eigenvalue weighted by Crippen LogP contribution is 2.24. The fourth-order valence-electron chi connectivity index (χ4n) is 2.96. The summed E-state index contributed by atoms with van der Waals surface area (Å²) in [5, 5.41) is 15.0. The smallest absolute Gasteiger partial charge is 0.119 e. The lowest BCUT2D eigenvalue weighted by Gasteiger charge is -2.23. The zero-order valence-corrected chi connectivity index (χ0v) is 13.9. The first-order chi connectivity index (χ1) is 11.1. The normalized spacial score (nSPS) is 21.7. The molecule has 1 aliphatic rings. The second-order valence-corrected chi connectivity index (χ2v) is 6.49. The van der Waals surface area contributed by atoms with Gasteiger partial charge in [0.2, 0.25) is 0 Å². The lowest BCUT2D eigenvalue weighted by Crippen LogP contribution is -2.39. The molecule has 0 aliphatic carbocycles. The van der Waals surface area contributed by atoms with Crippen molar-refractivity contribution in [2.45, 2.75) is 39.0 Å². The summed E-state index contributed by atoms with van der Waals surface area (Å²) in [6.07, 6.45) is 4.71. The lowest BCUT2D eigenvalue weighted by atomic mass is 10.1. The highest BCUT2D eigenvalue weighted by atomic mass is 16.5. The van der Waals surface area contributed by atoms with Crippen LogP contribution in [0.3, 0.4) is 0 Å². The van der Waals surface area contributed by atoms with E-state index >= 15 is 0 Å². The van der Waals surface area contributed by atoms with Crippen LogP contribution in [0.4, 0.5) is 0 Å². The van der Waals surface area contributed by atoms with E-state index in [1.54, 1.807) is 0 Å². The van der Waals surface area contributed by atoms with Gasteiger partial charge < -0.3 is 9.84 Å². The zero-order chi connectivity index (χ0) is 16.3. The van der Waals surface area contributed by atoms with Crippen LogP contribution in [0, 0.1) is 6.92 Å². The molecule has 5 heteroatoms. The Morgan fingerprint density at radius 1 is 1.30 bits per heavy atom. The number of likely N-dealkylation sites (tertiary alicyclic amines) is 1. The van der Waals surface area contributed by atoms with Gasteiger partial charge in [-0.25, -0.2) is 0 Å². The van der Waals surface area contributed by atoms with E-state index in [0.717, 1.165) is 31.8 Å². The van der Waals surface area contributed by atoms with Gasteiger partial charge in [-0.1, -0.05) is 17.7 Å². The quantitative estimate of drug-likeness (QED) is 0.888. The van der Waals surface area contributed by atoms with E-state index < -0.39 is 5.60 Å². The summed E-state index contributed by atoms with van der Waals surface area (Å²) < 4.78 is 7.70.